The number of amides is 1. The van der Waals surface area contributed by atoms with E-state index in [1.807, 2.05) is 6.08 Å². The summed E-state index contributed by atoms with van der Waals surface area (Å²) in [7, 11) is 0. The quantitative estimate of drug-likeness (QED) is 0.0420. The van der Waals surface area contributed by atoms with E-state index in [9.17, 15) is 15.0 Å². The van der Waals surface area contributed by atoms with Crippen molar-refractivity contribution in [2.75, 3.05) is 6.61 Å². The summed E-state index contributed by atoms with van der Waals surface area (Å²) in [5, 5.41) is 23.2. The van der Waals surface area contributed by atoms with E-state index < -0.39 is 12.1 Å². The molecule has 0 radical (unpaired) electrons. The highest BCUT2D eigenvalue weighted by Crippen LogP contribution is 2.17. The topological polar surface area (TPSA) is 69.6 Å². The molecule has 0 spiro atoms. The maximum atomic E-state index is 12.5. The summed E-state index contributed by atoms with van der Waals surface area (Å²) in [6.07, 6.45) is 99.6. The summed E-state index contributed by atoms with van der Waals surface area (Å²) in [6, 6.07) is -0.649. The van der Waals surface area contributed by atoms with Gasteiger partial charge in [0.15, 0.2) is 0 Å². The van der Waals surface area contributed by atoms with Crippen molar-refractivity contribution < 1.29 is 15.0 Å². The zero-order valence-corrected chi connectivity index (χ0v) is 49.5. The van der Waals surface area contributed by atoms with E-state index in [1.165, 1.54) is 199 Å². The maximum Gasteiger partial charge on any atom is 0.220 e. The fourth-order valence-electron chi connectivity index (χ4n) is 9.33. The number of aliphatic hydroxyl groups is 2. The van der Waals surface area contributed by atoms with Crippen molar-refractivity contribution in [1.82, 2.24) is 5.32 Å². The summed E-state index contributed by atoms with van der Waals surface area (Å²) in [5.41, 5.74) is 0. The smallest absolute Gasteiger partial charge is 0.220 e. The van der Waals surface area contributed by atoms with Gasteiger partial charge < -0.3 is 15.5 Å². The lowest BCUT2D eigenvalue weighted by molar-refractivity contribution is -0.123. The van der Waals surface area contributed by atoms with Gasteiger partial charge in [-0.25, -0.2) is 0 Å². The summed E-state index contributed by atoms with van der Waals surface area (Å²) >= 11 is 0. The highest BCUT2D eigenvalue weighted by atomic mass is 16.3. The molecule has 2 unspecified atom stereocenters. The van der Waals surface area contributed by atoms with Crippen LogP contribution in [0.2, 0.25) is 0 Å². The highest BCUT2D eigenvalue weighted by Gasteiger charge is 2.18. The van der Waals surface area contributed by atoms with Gasteiger partial charge in [0.25, 0.3) is 0 Å². The first kappa shape index (κ1) is 71.8. The fraction of sp³-hybridized carbons (Fsp3) is 0.704. The van der Waals surface area contributed by atoms with Crippen LogP contribution >= 0.6 is 0 Å². The molecule has 0 fully saturated rings. The Morgan fingerprint density at radius 3 is 0.933 bits per heavy atom. The van der Waals surface area contributed by atoms with Gasteiger partial charge in [-0.3, -0.25) is 4.79 Å². The van der Waals surface area contributed by atoms with Crippen LogP contribution in [-0.4, -0.2) is 34.9 Å². The lowest BCUT2D eigenvalue weighted by Gasteiger charge is -2.19. The molecule has 0 aliphatic rings. The van der Waals surface area contributed by atoms with Gasteiger partial charge in [0, 0.05) is 6.42 Å². The van der Waals surface area contributed by atoms with Gasteiger partial charge in [0.05, 0.1) is 18.8 Å². The molecule has 0 aliphatic heterocycles. The number of unbranched alkanes of at least 4 members (excludes halogenated alkanes) is 33. The Hall–Kier alpha value is -3.21. The van der Waals surface area contributed by atoms with Gasteiger partial charge in [0.2, 0.25) is 5.91 Å². The molecule has 0 aromatic heterocycles. The van der Waals surface area contributed by atoms with Crippen molar-refractivity contribution in [2.24, 2.45) is 0 Å². The first-order valence-electron chi connectivity index (χ1n) is 32.2. The van der Waals surface area contributed by atoms with Crippen LogP contribution in [-0.2, 0) is 4.79 Å². The van der Waals surface area contributed by atoms with Crippen molar-refractivity contribution in [3.63, 3.8) is 0 Å². The van der Waals surface area contributed by atoms with Gasteiger partial charge in [-0.15, -0.1) is 0 Å². The van der Waals surface area contributed by atoms with Crippen molar-refractivity contribution in [1.29, 1.82) is 0 Å². The van der Waals surface area contributed by atoms with Gasteiger partial charge >= 0.3 is 0 Å². The Kier molecular flexibility index (Phi) is 62.3. The third-order valence-electron chi connectivity index (χ3n) is 14.2. The molecular formula is C71H123NO3. The molecule has 75 heavy (non-hydrogen) atoms. The first-order chi connectivity index (χ1) is 37.2. The molecule has 4 nitrogen and oxygen atoms in total. The molecule has 0 rings (SSSR count). The Morgan fingerprint density at radius 1 is 0.333 bits per heavy atom. The van der Waals surface area contributed by atoms with Crippen LogP contribution in [0.15, 0.2) is 122 Å². The first-order valence-corrected chi connectivity index (χ1v) is 32.2. The monoisotopic (exact) mass is 1040 g/mol. The minimum absolute atomic E-state index is 0.0777. The number of aliphatic hydroxyl groups excluding tert-OH is 2. The Labute approximate surface area is 467 Å². The molecule has 4 heteroatoms. The highest BCUT2D eigenvalue weighted by molar-refractivity contribution is 5.76. The number of nitrogens with one attached hydrogen (secondary N) is 1. The van der Waals surface area contributed by atoms with Crippen LogP contribution in [0.1, 0.15) is 303 Å². The van der Waals surface area contributed by atoms with Crippen LogP contribution in [0.3, 0.4) is 0 Å². The molecule has 3 N–H and O–H groups in total. The summed E-state index contributed by atoms with van der Waals surface area (Å²) in [5.74, 6) is -0.0777. The Bertz CT molecular complexity index is 1460. The van der Waals surface area contributed by atoms with E-state index in [1.54, 1.807) is 6.08 Å². The minimum atomic E-state index is -0.872. The zero-order valence-electron chi connectivity index (χ0n) is 49.5. The second-order valence-corrected chi connectivity index (χ2v) is 21.4. The average Bonchev–Trinajstić information content (AvgIpc) is 3.41. The van der Waals surface area contributed by atoms with Crippen molar-refractivity contribution in [3.8, 4) is 0 Å². The molecule has 0 bridgehead atoms. The molecule has 0 aromatic rings. The van der Waals surface area contributed by atoms with Gasteiger partial charge in [-0.2, -0.15) is 0 Å². The molecule has 1 amide bonds. The molecule has 0 saturated heterocycles. The normalized spacial score (nSPS) is 13.6. The molecular weight excluding hydrogens is 915 g/mol. The third-order valence-corrected chi connectivity index (χ3v) is 14.2. The maximum absolute atomic E-state index is 12.5. The molecule has 0 saturated carbocycles. The number of hydrogen-bond donors (Lipinski definition) is 3. The minimum Gasteiger partial charge on any atom is -0.394 e. The lowest BCUT2D eigenvalue weighted by atomic mass is 10.0. The Balaban J connectivity index is 3.57. The van der Waals surface area contributed by atoms with E-state index in [2.05, 4.69) is 129 Å². The predicted molar refractivity (Wildman–Crippen MR) is 336 cm³/mol. The number of hydrogen-bond acceptors (Lipinski definition) is 3. The van der Waals surface area contributed by atoms with E-state index in [-0.39, 0.29) is 12.5 Å². The third kappa shape index (κ3) is 61.5. The van der Waals surface area contributed by atoms with E-state index in [0.29, 0.717) is 6.42 Å². The van der Waals surface area contributed by atoms with Crippen LogP contribution in [0.4, 0.5) is 0 Å². The molecule has 430 valence electrons. The van der Waals surface area contributed by atoms with Crippen molar-refractivity contribution in [2.45, 2.75) is 315 Å². The summed E-state index contributed by atoms with van der Waals surface area (Å²) < 4.78 is 0. The Morgan fingerprint density at radius 2 is 0.600 bits per heavy atom. The van der Waals surface area contributed by atoms with Crippen LogP contribution < -0.4 is 5.32 Å². The standard InChI is InChI=1S/C71H123NO3/c1-3-5-7-9-11-13-15-17-19-21-23-25-27-29-31-32-33-34-35-36-37-38-39-40-41-43-45-47-49-51-53-55-57-59-61-63-65-67-71(75)72-69(68-73)70(74)66-64-62-60-58-56-54-52-50-48-46-44-42-30-28-26-24-22-20-18-16-14-12-10-8-6-4-2/h5,7,11,13,17,19,23,25,29,31,33-34,36-37,39-40,56,58,64,66,69-70,73-74H,3-4,6,8-10,12,14-16,18,20-22,24,26-28,30,32,35,38,41-55,57,59-63,65,67-68H2,1-2H3,(H,72,75)/b7-5-,13-11-,19-17-,25-23-,31-29-,34-33-,37-36-,40-39-,58-56+,66-64+. The number of carbonyl (C=O) groups is 1. The number of rotatable bonds is 58. The number of allylic oxidation sites excluding steroid dienone is 19. The molecule has 2 atom stereocenters. The molecule has 0 aromatic carbocycles. The number of carbonyl (C=O) groups excluding carboxylic acids is 1. The average molecular weight is 1040 g/mol. The van der Waals surface area contributed by atoms with Crippen molar-refractivity contribution >= 4 is 5.91 Å². The van der Waals surface area contributed by atoms with Gasteiger partial charge in [-0.05, 0) is 96.3 Å². The lowest BCUT2D eigenvalue weighted by Crippen LogP contribution is -2.45. The zero-order chi connectivity index (χ0) is 54.1. The molecule has 0 aliphatic carbocycles. The fourth-order valence-corrected chi connectivity index (χ4v) is 9.33. The van der Waals surface area contributed by atoms with Crippen LogP contribution in [0.25, 0.3) is 0 Å². The van der Waals surface area contributed by atoms with Gasteiger partial charge in [0.1, 0.15) is 0 Å². The second-order valence-electron chi connectivity index (χ2n) is 21.4. The molecule has 0 heterocycles. The van der Waals surface area contributed by atoms with Crippen LogP contribution in [0.5, 0.6) is 0 Å². The SMILES string of the molecule is CC/C=C\C/C=C\C/C=C\C/C=C\C/C=C\C/C=C\C/C=C\C/C=C\CCCCCCCCCCCCCCC(=O)NC(CO)C(O)/C=C/CC/C=C/CCCCCCCCCCCCCCCCCCCCCC. The predicted octanol–water partition coefficient (Wildman–Crippen LogP) is 22.0. The van der Waals surface area contributed by atoms with Crippen LogP contribution in [0, 0.1) is 0 Å². The van der Waals surface area contributed by atoms with E-state index >= 15 is 0 Å². The largest absolute Gasteiger partial charge is 0.394 e. The van der Waals surface area contributed by atoms with E-state index in [4.69, 9.17) is 0 Å². The van der Waals surface area contributed by atoms with Crippen molar-refractivity contribution in [3.05, 3.63) is 122 Å². The second kappa shape index (κ2) is 65.1. The van der Waals surface area contributed by atoms with E-state index in [0.717, 1.165) is 83.5 Å². The van der Waals surface area contributed by atoms with Gasteiger partial charge in [-0.1, -0.05) is 322 Å². The summed E-state index contributed by atoms with van der Waals surface area (Å²) in [6.45, 7) is 4.20. The summed E-state index contributed by atoms with van der Waals surface area (Å²) in [4.78, 5) is 12.5.